The first-order valence-electron chi connectivity index (χ1n) is 4.86. The molecule has 0 unspecified atom stereocenters. The van der Waals surface area contributed by atoms with Gasteiger partial charge in [-0.1, -0.05) is 23.2 Å². The van der Waals surface area contributed by atoms with Crippen molar-refractivity contribution in [2.75, 3.05) is 0 Å². The van der Waals surface area contributed by atoms with E-state index in [1.807, 2.05) is 0 Å². The van der Waals surface area contributed by atoms with E-state index in [9.17, 15) is 9.90 Å². The van der Waals surface area contributed by atoms with E-state index in [1.165, 1.54) is 6.07 Å². The number of nitrogens with zero attached hydrogens (tertiary/aromatic N) is 2. The minimum absolute atomic E-state index is 0.0165. The van der Waals surface area contributed by atoms with Gasteiger partial charge in [0.25, 0.3) is 5.56 Å². The van der Waals surface area contributed by atoms with Crippen molar-refractivity contribution in [2.24, 2.45) is 0 Å². The van der Waals surface area contributed by atoms with Crippen LogP contribution in [0.15, 0.2) is 29.1 Å². The molecule has 2 aromatic rings. The summed E-state index contributed by atoms with van der Waals surface area (Å²) in [5.41, 5.74) is 0.0605. The highest BCUT2D eigenvalue weighted by molar-refractivity contribution is 6.35. The number of hydrogen-bond acceptors (Lipinski definition) is 3. The maximum absolute atomic E-state index is 11.8. The summed E-state index contributed by atoms with van der Waals surface area (Å²) in [6.07, 6.45) is 0. The third-order valence-electron chi connectivity index (χ3n) is 2.25. The molecule has 7 heteroatoms. The molecule has 1 N–H and O–H groups in total. The molecule has 0 atom stereocenters. The van der Waals surface area contributed by atoms with Crippen molar-refractivity contribution in [3.05, 3.63) is 50.4 Å². The van der Waals surface area contributed by atoms with Gasteiger partial charge in [-0.05, 0) is 18.2 Å². The van der Waals surface area contributed by atoms with E-state index < -0.39 is 5.56 Å². The predicted octanol–water partition coefficient (Wildman–Crippen LogP) is 2.98. The van der Waals surface area contributed by atoms with Crippen LogP contribution in [0.2, 0.25) is 10.0 Å². The zero-order valence-electron chi connectivity index (χ0n) is 8.90. The molecule has 0 saturated carbocycles. The Kier molecular flexibility index (Phi) is 3.80. The van der Waals surface area contributed by atoms with Crippen LogP contribution in [0.1, 0.15) is 5.69 Å². The lowest BCUT2D eigenvalue weighted by Crippen LogP contribution is -2.21. The summed E-state index contributed by atoms with van der Waals surface area (Å²) in [5, 5.41) is 14.1. The smallest absolute Gasteiger partial charge is 0.275 e. The van der Waals surface area contributed by atoms with Gasteiger partial charge in [0.1, 0.15) is 11.4 Å². The van der Waals surface area contributed by atoms with Crippen LogP contribution in [-0.4, -0.2) is 14.9 Å². The monoisotopic (exact) mass is 304 g/mol. The van der Waals surface area contributed by atoms with Crippen LogP contribution in [0.3, 0.4) is 0 Å². The molecule has 2 rings (SSSR count). The van der Waals surface area contributed by atoms with E-state index >= 15 is 0 Å². The van der Waals surface area contributed by atoms with Gasteiger partial charge in [0, 0.05) is 11.1 Å². The summed E-state index contributed by atoms with van der Waals surface area (Å²) in [5.74, 6) is -0.256. The SMILES string of the molecule is O=c1cc(O)c(CCl)nn1-c1ccc(Cl)cc1Cl. The molecule has 4 nitrogen and oxygen atoms in total. The Balaban J connectivity index is 2.67. The van der Waals surface area contributed by atoms with Crippen LogP contribution in [0.25, 0.3) is 5.69 Å². The van der Waals surface area contributed by atoms with Crippen LogP contribution in [0, 0.1) is 0 Å². The van der Waals surface area contributed by atoms with E-state index in [4.69, 9.17) is 34.8 Å². The molecule has 0 aliphatic heterocycles. The van der Waals surface area contributed by atoms with E-state index in [2.05, 4.69) is 5.10 Å². The number of aromatic nitrogens is 2. The third-order valence-corrected chi connectivity index (χ3v) is 3.04. The minimum atomic E-state index is -0.509. The standard InChI is InChI=1S/C11H7Cl3N2O2/c12-5-8-10(17)4-11(18)16(15-8)9-2-1-6(13)3-7(9)14/h1-4,17H,5H2. The number of halogens is 3. The fourth-order valence-electron chi connectivity index (χ4n) is 1.40. The normalized spacial score (nSPS) is 10.6. The largest absolute Gasteiger partial charge is 0.506 e. The number of aromatic hydroxyl groups is 1. The summed E-state index contributed by atoms with van der Waals surface area (Å²) in [6.45, 7) is 0. The molecule has 0 fully saturated rings. The Labute approximate surface area is 117 Å². The summed E-state index contributed by atoms with van der Waals surface area (Å²) in [4.78, 5) is 11.8. The van der Waals surface area contributed by atoms with Crippen molar-refractivity contribution in [2.45, 2.75) is 5.88 Å². The van der Waals surface area contributed by atoms with Gasteiger partial charge in [-0.2, -0.15) is 9.78 Å². The molecule has 0 radical (unpaired) electrons. The highest BCUT2D eigenvalue weighted by atomic mass is 35.5. The molecule has 0 aliphatic carbocycles. The quantitative estimate of drug-likeness (QED) is 0.868. The van der Waals surface area contributed by atoms with Crippen LogP contribution >= 0.6 is 34.8 Å². The zero-order valence-corrected chi connectivity index (χ0v) is 11.2. The van der Waals surface area contributed by atoms with Crippen molar-refractivity contribution in [1.82, 2.24) is 9.78 Å². The lowest BCUT2D eigenvalue weighted by molar-refractivity contribution is 0.460. The number of benzene rings is 1. The van der Waals surface area contributed by atoms with E-state index in [1.54, 1.807) is 12.1 Å². The third kappa shape index (κ3) is 2.46. The van der Waals surface area contributed by atoms with Crippen molar-refractivity contribution in [3.8, 4) is 11.4 Å². The molecule has 18 heavy (non-hydrogen) atoms. The second-order valence-corrected chi connectivity index (χ2v) is 4.57. The molecule has 0 amide bonds. The Morgan fingerprint density at radius 1 is 1.28 bits per heavy atom. The van der Waals surface area contributed by atoms with E-state index in [0.717, 1.165) is 10.7 Å². The lowest BCUT2D eigenvalue weighted by Gasteiger charge is -2.09. The van der Waals surface area contributed by atoms with Crippen molar-refractivity contribution >= 4 is 34.8 Å². The highest BCUT2D eigenvalue weighted by Gasteiger charge is 2.11. The summed E-state index contributed by atoms with van der Waals surface area (Å²) >= 11 is 17.4. The average Bonchev–Trinajstić information content (AvgIpc) is 2.30. The average molecular weight is 306 g/mol. The Morgan fingerprint density at radius 2 is 2.00 bits per heavy atom. The maximum Gasteiger partial charge on any atom is 0.275 e. The summed E-state index contributed by atoms with van der Waals surface area (Å²) in [6, 6.07) is 5.69. The molecule has 94 valence electrons. The van der Waals surface area contributed by atoms with Crippen LogP contribution < -0.4 is 5.56 Å². The first-order valence-corrected chi connectivity index (χ1v) is 6.15. The van der Waals surface area contributed by atoms with E-state index in [-0.39, 0.29) is 22.3 Å². The number of hydrogen-bond donors (Lipinski definition) is 1. The fraction of sp³-hybridized carbons (Fsp3) is 0.0909. The van der Waals surface area contributed by atoms with Gasteiger partial charge in [0.15, 0.2) is 0 Å². The molecule has 1 aromatic carbocycles. The molecule has 0 saturated heterocycles. The number of alkyl halides is 1. The highest BCUT2D eigenvalue weighted by Crippen LogP contribution is 2.23. The minimum Gasteiger partial charge on any atom is -0.506 e. The molecule has 0 aliphatic rings. The Bertz CT molecular complexity index is 655. The number of rotatable bonds is 2. The molecule has 1 aromatic heterocycles. The molecule has 1 heterocycles. The fourth-order valence-corrected chi connectivity index (χ4v) is 2.08. The first-order chi connectivity index (χ1) is 8.52. The van der Waals surface area contributed by atoms with Crippen molar-refractivity contribution < 1.29 is 5.11 Å². The van der Waals surface area contributed by atoms with Gasteiger partial charge >= 0.3 is 0 Å². The Hall–Kier alpha value is -1.23. The Morgan fingerprint density at radius 3 is 2.61 bits per heavy atom. The summed E-state index contributed by atoms with van der Waals surface area (Å²) < 4.78 is 1.07. The lowest BCUT2D eigenvalue weighted by atomic mass is 10.3. The van der Waals surface area contributed by atoms with E-state index in [0.29, 0.717) is 10.7 Å². The second kappa shape index (κ2) is 5.18. The van der Waals surface area contributed by atoms with Gasteiger partial charge in [0.05, 0.1) is 16.6 Å². The van der Waals surface area contributed by atoms with Crippen molar-refractivity contribution in [3.63, 3.8) is 0 Å². The topological polar surface area (TPSA) is 55.1 Å². The predicted molar refractivity (Wildman–Crippen MR) is 71.1 cm³/mol. The summed E-state index contributed by atoms with van der Waals surface area (Å²) in [7, 11) is 0. The van der Waals surface area contributed by atoms with Crippen LogP contribution in [0.5, 0.6) is 5.75 Å². The van der Waals surface area contributed by atoms with Crippen molar-refractivity contribution in [1.29, 1.82) is 0 Å². The van der Waals surface area contributed by atoms with Crippen LogP contribution in [-0.2, 0) is 5.88 Å². The molecule has 0 spiro atoms. The van der Waals surface area contributed by atoms with Gasteiger partial charge in [-0.15, -0.1) is 11.6 Å². The maximum atomic E-state index is 11.8. The van der Waals surface area contributed by atoms with Gasteiger partial charge in [0.2, 0.25) is 0 Å². The van der Waals surface area contributed by atoms with Gasteiger partial charge in [-0.25, -0.2) is 0 Å². The second-order valence-electron chi connectivity index (χ2n) is 3.46. The first kappa shape index (κ1) is 13.2. The van der Waals surface area contributed by atoms with Gasteiger partial charge < -0.3 is 5.11 Å². The zero-order chi connectivity index (χ0) is 13.3. The van der Waals surface area contributed by atoms with Crippen LogP contribution in [0.4, 0.5) is 0 Å². The molecular formula is C11H7Cl3N2O2. The molecular weight excluding hydrogens is 298 g/mol. The molecule has 0 bridgehead atoms. The van der Waals surface area contributed by atoms with Gasteiger partial charge in [-0.3, -0.25) is 4.79 Å².